The molecule has 0 aromatic rings. The number of Topliss-reactive ketones (excluding diaryl/α,β-unsaturated/α-hetero) is 1. The topological polar surface area (TPSA) is 20.3 Å². The maximum absolute atomic E-state index is 12.7. The fraction of sp³-hybridized carbons (Fsp3) is 0.950. The second-order valence-electron chi connectivity index (χ2n) is 9.18. The first-order valence-corrected chi connectivity index (χ1v) is 9.54. The summed E-state index contributed by atoms with van der Waals surface area (Å²) in [6, 6.07) is 0.625. The molecule has 1 saturated carbocycles. The molecule has 22 heavy (non-hydrogen) atoms. The lowest BCUT2D eigenvalue weighted by Gasteiger charge is -2.38. The third kappa shape index (κ3) is 4.81. The van der Waals surface area contributed by atoms with E-state index in [0.717, 1.165) is 31.7 Å². The fourth-order valence-electron chi connectivity index (χ4n) is 4.47. The van der Waals surface area contributed by atoms with Gasteiger partial charge in [-0.2, -0.15) is 0 Å². The first-order chi connectivity index (χ1) is 10.3. The molecule has 2 fully saturated rings. The molecule has 0 unspecified atom stereocenters. The second kappa shape index (κ2) is 7.47. The van der Waals surface area contributed by atoms with Gasteiger partial charge in [0.1, 0.15) is 5.78 Å². The maximum Gasteiger partial charge on any atom is 0.136 e. The Kier molecular flexibility index (Phi) is 6.10. The van der Waals surface area contributed by atoms with Crippen LogP contribution in [0.1, 0.15) is 79.6 Å². The molecule has 0 aromatic carbocycles. The van der Waals surface area contributed by atoms with Crippen molar-refractivity contribution in [2.24, 2.45) is 23.2 Å². The standard InChI is InChI=1S/C20H37NO/c1-15(2)21-12-6-7-16(14-21)13-19(22)17-8-10-18(11-9-17)20(3,4)5/h15-18H,6-14H2,1-5H3/t16-,17?,18?/m0/s1. The van der Waals surface area contributed by atoms with Gasteiger partial charge in [0.25, 0.3) is 0 Å². The Morgan fingerprint density at radius 3 is 2.27 bits per heavy atom. The van der Waals surface area contributed by atoms with Crippen LogP contribution >= 0.6 is 0 Å². The largest absolute Gasteiger partial charge is 0.301 e. The molecule has 0 bridgehead atoms. The highest BCUT2D eigenvalue weighted by atomic mass is 16.1. The summed E-state index contributed by atoms with van der Waals surface area (Å²) in [5.74, 6) is 2.36. The summed E-state index contributed by atoms with van der Waals surface area (Å²) in [4.78, 5) is 15.2. The van der Waals surface area contributed by atoms with Gasteiger partial charge in [0, 0.05) is 24.9 Å². The van der Waals surface area contributed by atoms with Crippen LogP contribution in [0.4, 0.5) is 0 Å². The van der Waals surface area contributed by atoms with Gasteiger partial charge in [-0.25, -0.2) is 0 Å². The predicted molar refractivity (Wildman–Crippen MR) is 94.0 cm³/mol. The highest BCUT2D eigenvalue weighted by Gasteiger charge is 2.33. The quantitative estimate of drug-likeness (QED) is 0.735. The minimum absolute atomic E-state index is 0.369. The van der Waals surface area contributed by atoms with Gasteiger partial charge in [-0.15, -0.1) is 0 Å². The van der Waals surface area contributed by atoms with Crippen molar-refractivity contribution in [3.8, 4) is 0 Å². The lowest BCUT2D eigenvalue weighted by atomic mass is 9.68. The van der Waals surface area contributed by atoms with Crippen molar-refractivity contribution >= 4 is 5.78 Å². The number of piperidine rings is 1. The van der Waals surface area contributed by atoms with Crippen LogP contribution < -0.4 is 0 Å². The van der Waals surface area contributed by atoms with Crippen LogP contribution in [-0.2, 0) is 4.79 Å². The van der Waals surface area contributed by atoms with E-state index in [1.165, 1.54) is 32.2 Å². The third-order valence-corrected chi connectivity index (χ3v) is 6.18. The van der Waals surface area contributed by atoms with E-state index in [1.807, 2.05) is 0 Å². The van der Waals surface area contributed by atoms with E-state index in [2.05, 4.69) is 39.5 Å². The molecule has 1 saturated heterocycles. The molecule has 2 heteroatoms. The molecule has 0 spiro atoms. The van der Waals surface area contributed by atoms with E-state index in [1.54, 1.807) is 0 Å². The van der Waals surface area contributed by atoms with E-state index in [9.17, 15) is 4.79 Å². The van der Waals surface area contributed by atoms with Gasteiger partial charge < -0.3 is 4.90 Å². The third-order valence-electron chi connectivity index (χ3n) is 6.18. The molecular formula is C20H37NO. The second-order valence-corrected chi connectivity index (χ2v) is 9.18. The highest BCUT2D eigenvalue weighted by Crippen LogP contribution is 2.40. The summed E-state index contributed by atoms with van der Waals surface area (Å²) in [6.07, 6.45) is 8.15. The minimum atomic E-state index is 0.369. The van der Waals surface area contributed by atoms with Crippen molar-refractivity contribution in [1.29, 1.82) is 0 Å². The summed E-state index contributed by atoms with van der Waals surface area (Å²) < 4.78 is 0. The minimum Gasteiger partial charge on any atom is -0.301 e. The lowest BCUT2D eigenvalue weighted by Crippen LogP contribution is -2.41. The Morgan fingerprint density at radius 1 is 1.09 bits per heavy atom. The van der Waals surface area contributed by atoms with E-state index < -0.39 is 0 Å². The molecular weight excluding hydrogens is 270 g/mol. The first-order valence-electron chi connectivity index (χ1n) is 9.54. The Bertz CT molecular complexity index is 360. The Balaban J connectivity index is 1.78. The van der Waals surface area contributed by atoms with E-state index in [0.29, 0.717) is 29.1 Å². The molecule has 0 aromatic heterocycles. The number of nitrogens with zero attached hydrogens (tertiary/aromatic N) is 1. The van der Waals surface area contributed by atoms with Gasteiger partial charge in [-0.3, -0.25) is 4.79 Å². The van der Waals surface area contributed by atoms with Gasteiger partial charge in [-0.05, 0) is 76.2 Å². The average molecular weight is 308 g/mol. The molecule has 2 rings (SSSR count). The van der Waals surface area contributed by atoms with Crippen molar-refractivity contribution in [3.63, 3.8) is 0 Å². The normalized spacial score (nSPS) is 31.5. The molecule has 0 radical (unpaired) electrons. The van der Waals surface area contributed by atoms with E-state index >= 15 is 0 Å². The fourth-order valence-corrected chi connectivity index (χ4v) is 4.47. The molecule has 0 N–H and O–H groups in total. The number of carbonyl (C=O) groups excluding carboxylic acids is 1. The van der Waals surface area contributed by atoms with Gasteiger partial charge in [-0.1, -0.05) is 20.8 Å². The van der Waals surface area contributed by atoms with Crippen LogP contribution in [0.2, 0.25) is 0 Å². The molecule has 2 nitrogen and oxygen atoms in total. The highest BCUT2D eigenvalue weighted by molar-refractivity contribution is 5.81. The van der Waals surface area contributed by atoms with Crippen LogP contribution in [0.5, 0.6) is 0 Å². The molecule has 2 aliphatic rings. The molecule has 128 valence electrons. The number of hydrogen-bond acceptors (Lipinski definition) is 2. The smallest absolute Gasteiger partial charge is 0.136 e. The van der Waals surface area contributed by atoms with E-state index in [4.69, 9.17) is 0 Å². The van der Waals surface area contributed by atoms with Gasteiger partial charge in [0.15, 0.2) is 0 Å². The molecule has 1 aliphatic heterocycles. The van der Waals surface area contributed by atoms with Crippen molar-refractivity contribution in [3.05, 3.63) is 0 Å². The number of ketones is 1. The number of carbonyl (C=O) groups is 1. The summed E-state index contributed by atoms with van der Waals surface area (Å²) in [6.45, 7) is 14.0. The van der Waals surface area contributed by atoms with Crippen LogP contribution in [-0.4, -0.2) is 29.8 Å². The Labute approximate surface area is 138 Å². The molecule has 1 atom stereocenters. The van der Waals surface area contributed by atoms with Crippen LogP contribution in [0.15, 0.2) is 0 Å². The predicted octanol–water partition coefficient (Wildman–Crippen LogP) is 4.92. The molecule has 1 aliphatic carbocycles. The maximum atomic E-state index is 12.7. The van der Waals surface area contributed by atoms with Crippen molar-refractivity contribution < 1.29 is 4.79 Å². The molecule has 1 heterocycles. The average Bonchev–Trinajstić information content (AvgIpc) is 2.46. The number of likely N-dealkylation sites (tertiary alicyclic amines) is 1. The Morgan fingerprint density at radius 2 is 1.73 bits per heavy atom. The SMILES string of the molecule is CC(C)N1CCC[C@@H](CC(=O)C2CCC(C(C)(C)C)CC2)C1. The Hall–Kier alpha value is -0.370. The van der Waals surface area contributed by atoms with Crippen LogP contribution in [0.3, 0.4) is 0 Å². The van der Waals surface area contributed by atoms with Gasteiger partial charge in [0.05, 0.1) is 0 Å². The van der Waals surface area contributed by atoms with E-state index in [-0.39, 0.29) is 0 Å². The monoisotopic (exact) mass is 307 g/mol. The number of rotatable bonds is 4. The van der Waals surface area contributed by atoms with Crippen molar-refractivity contribution in [1.82, 2.24) is 4.90 Å². The van der Waals surface area contributed by atoms with Gasteiger partial charge >= 0.3 is 0 Å². The number of hydrogen-bond donors (Lipinski definition) is 0. The first kappa shape index (κ1) is 18.0. The summed E-state index contributed by atoms with van der Waals surface area (Å²) >= 11 is 0. The lowest BCUT2D eigenvalue weighted by molar-refractivity contribution is -0.125. The zero-order chi connectivity index (χ0) is 16.3. The zero-order valence-corrected chi connectivity index (χ0v) is 15.5. The summed E-state index contributed by atoms with van der Waals surface area (Å²) in [7, 11) is 0. The van der Waals surface area contributed by atoms with Crippen molar-refractivity contribution in [2.45, 2.75) is 85.6 Å². The van der Waals surface area contributed by atoms with Crippen molar-refractivity contribution in [2.75, 3.05) is 13.1 Å². The summed E-state index contributed by atoms with van der Waals surface area (Å²) in [5.41, 5.74) is 0.412. The molecule has 0 amide bonds. The van der Waals surface area contributed by atoms with Crippen LogP contribution in [0, 0.1) is 23.2 Å². The zero-order valence-electron chi connectivity index (χ0n) is 15.5. The summed E-state index contributed by atoms with van der Waals surface area (Å²) in [5, 5.41) is 0. The van der Waals surface area contributed by atoms with Gasteiger partial charge in [0.2, 0.25) is 0 Å². The van der Waals surface area contributed by atoms with Crippen LogP contribution in [0.25, 0.3) is 0 Å².